The Labute approximate surface area is 123 Å². The molecule has 0 fully saturated rings. The summed E-state index contributed by atoms with van der Waals surface area (Å²) in [6, 6.07) is 6.37. The molecule has 0 heterocycles. The molecule has 0 aliphatic carbocycles. The molecule has 0 radical (unpaired) electrons. The predicted octanol–water partition coefficient (Wildman–Crippen LogP) is 2.81. The molecule has 0 aliphatic rings. The van der Waals surface area contributed by atoms with Crippen molar-refractivity contribution < 1.29 is 14.7 Å². The van der Waals surface area contributed by atoms with Gasteiger partial charge in [0.25, 0.3) is 0 Å². The lowest BCUT2D eigenvalue weighted by atomic mass is 10.0. The van der Waals surface area contributed by atoms with E-state index in [1.807, 2.05) is 18.2 Å². The zero-order valence-corrected chi connectivity index (χ0v) is 11.9. The Kier molecular flexibility index (Phi) is 6.81. The number of benzene rings is 1. The average Bonchev–Trinajstić information content (AvgIpc) is 2.42. The van der Waals surface area contributed by atoms with Crippen molar-refractivity contribution >= 4 is 23.5 Å². The number of hydrogen-bond acceptors (Lipinski definition) is 2. The van der Waals surface area contributed by atoms with Gasteiger partial charge in [0.15, 0.2) is 0 Å². The van der Waals surface area contributed by atoms with Crippen molar-refractivity contribution in [1.82, 2.24) is 5.32 Å². The molecule has 0 unspecified atom stereocenters. The molecule has 0 saturated carbocycles. The number of hydrogen-bond donors (Lipinski definition) is 2. The first kappa shape index (κ1) is 16.2. The molecule has 1 atom stereocenters. The standard InChI is InChI=1S/C15H18ClNO3/c1-2-3-8-14(18)17-13(15(19)20)10-9-11-6-4-5-7-12(11)16/h2,4-7,13H,1,3,8-10H2,(H,17,18)(H,19,20)/t13-/m0/s1. The molecule has 20 heavy (non-hydrogen) atoms. The van der Waals surface area contributed by atoms with E-state index in [0.717, 1.165) is 5.56 Å². The molecule has 0 saturated heterocycles. The number of nitrogens with one attached hydrogen (secondary N) is 1. The minimum Gasteiger partial charge on any atom is -0.480 e. The fourth-order valence-corrected chi connectivity index (χ4v) is 1.99. The first-order chi connectivity index (χ1) is 9.54. The number of allylic oxidation sites excluding steroid dienone is 1. The number of carbonyl (C=O) groups excluding carboxylic acids is 1. The maximum absolute atomic E-state index is 11.5. The summed E-state index contributed by atoms with van der Waals surface area (Å²) in [5, 5.41) is 12.2. The van der Waals surface area contributed by atoms with Crippen LogP contribution < -0.4 is 5.32 Å². The molecule has 1 aromatic carbocycles. The molecule has 0 aliphatic heterocycles. The van der Waals surface area contributed by atoms with Crippen LogP contribution in [0.15, 0.2) is 36.9 Å². The summed E-state index contributed by atoms with van der Waals surface area (Å²) in [6.45, 7) is 3.52. The Morgan fingerprint density at radius 3 is 2.70 bits per heavy atom. The third-order valence-corrected chi connectivity index (χ3v) is 3.24. The minimum atomic E-state index is -1.04. The van der Waals surface area contributed by atoms with Crippen molar-refractivity contribution in [2.75, 3.05) is 0 Å². The molecule has 1 aromatic rings. The lowest BCUT2D eigenvalue weighted by Gasteiger charge is -2.14. The van der Waals surface area contributed by atoms with E-state index >= 15 is 0 Å². The van der Waals surface area contributed by atoms with Crippen LogP contribution in [0, 0.1) is 0 Å². The van der Waals surface area contributed by atoms with Crippen LogP contribution in [0.25, 0.3) is 0 Å². The van der Waals surface area contributed by atoms with Crippen molar-refractivity contribution in [3.8, 4) is 0 Å². The normalized spacial score (nSPS) is 11.7. The molecule has 108 valence electrons. The first-order valence-electron chi connectivity index (χ1n) is 6.41. The number of halogens is 1. The summed E-state index contributed by atoms with van der Waals surface area (Å²) in [4.78, 5) is 22.7. The van der Waals surface area contributed by atoms with Crippen LogP contribution in [0.1, 0.15) is 24.8 Å². The van der Waals surface area contributed by atoms with E-state index in [-0.39, 0.29) is 12.3 Å². The molecular formula is C15H18ClNO3. The zero-order valence-electron chi connectivity index (χ0n) is 11.1. The van der Waals surface area contributed by atoms with E-state index in [1.165, 1.54) is 0 Å². The second kappa shape index (κ2) is 8.38. The fraction of sp³-hybridized carbons (Fsp3) is 0.333. The van der Waals surface area contributed by atoms with Crippen LogP contribution in [0.5, 0.6) is 0 Å². The van der Waals surface area contributed by atoms with Gasteiger partial charge in [0, 0.05) is 11.4 Å². The average molecular weight is 296 g/mol. The van der Waals surface area contributed by atoms with Crippen LogP contribution in [0.3, 0.4) is 0 Å². The Morgan fingerprint density at radius 2 is 2.10 bits per heavy atom. The van der Waals surface area contributed by atoms with Gasteiger partial charge in [-0.25, -0.2) is 4.79 Å². The van der Waals surface area contributed by atoms with Crippen molar-refractivity contribution in [3.63, 3.8) is 0 Å². The van der Waals surface area contributed by atoms with E-state index in [0.29, 0.717) is 24.3 Å². The highest BCUT2D eigenvalue weighted by Gasteiger charge is 2.19. The van der Waals surface area contributed by atoms with E-state index < -0.39 is 12.0 Å². The molecular weight excluding hydrogens is 278 g/mol. The smallest absolute Gasteiger partial charge is 0.326 e. The van der Waals surface area contributed by atoms with Gasteiger partial charge >= 0.3 is 5.97 Å². The summed E-state index contributed by atoms with van der Waals surface area (Å²) in [5.74, 6) is -1.32. The third-order valence-electron chi connectivity index (χ3n) is 2.87. The number of rotatable bonds is 8. The number of carboxylic acids is 1. The summed E-state index contributed by atoms with van der Waals surface area (Å²) >= 11 is 6.02. The van der Waals surface area contributed by atoms with Gasteiger partial charge in [-0.1, -0.05) is 35.9 Å². The number of aryl methyl sites for hydroxylation is 1. The maximum Gasteiger partial charge on any atom is 0.326 e. The highest BCUT2D eigenvalue weighted by Crippen LogP contribution is 2.17. The van der Waals surface area contributed by atoms with Crippen molar-refractivity contribution in [2.45, 2.75) is 31.7 Å². The largest absolute Gasteiger partial charge is 0.480 e. The predicted molar refractivity (Wildman–Crippen MR) is 78.8 cm³/mol. The minimum absolute atomic E-state index is 0.249. The number of carboxylic acid groups (broad SMARTS) is 1. The van der Waals surface area contributed by atoms with Gasteiger partial charge in [0.2, 0.25) is 5.91 Å². The van der Waals surface area contributed by atoms with E-state index in [2.05, 4.69) is 11.9 Å². The van der Waals surface area contributed by atoms with E-state index in [4.69, 9.17) is 16.7 Å². The highest BCUT2D eigenvalue weighted by molar-refractivity contribution is 6.31. The number of aliphatic carboxylic acids is 1. The Balaban J connectivity index is 2.55. The first-order valence-corrected chi connectivity index (χ1v) is 6.79. The van der Waals surface area contributed by atoms with Crippen LogP contribution in [0.4, 0.5) is 0 Å². The van der Waals surface area contributed by atoms with Crippen molar-refractivity contribution in [1.29, 1.82) is 0 Å². The van der Waals surface area contributed by atoms with Gasteiger partial charge < -0.3 is 10.4 Å². The summed E-state index contributed by atoms with van der Waals surface area (Å²) < 4.78 is 0. The second-order valence-electron chi connectivity index (χ2n) is 4.42. The molecule has 0 aromatic heterocycles. The summed E-state index contributed by atoms with van der Waals surface area (Å²) in [6.07, 6.45) is 3.21. The van der Waals surface area contributed by atoms with Crippen molar-refractivity contribution in [2.24, 2.45) is 0 Å². The van der Waals surface area contributed by atoms with Gasteiger partial charge in [-0.05, 0) is 30.9 Å². The number of carbonyl (C=O) groups is 2. The molecule has 1 amide bonds. The quantitative estimate of drug-likeness (QED) is 0.725. The summed E-state index contributed by atoms with van der Waals surface area (Å²) in [5.41, 5.74) is 0.876. The molecule has 1 rings (SSSR count). The maximum atomic E-state index is 11.5. The topological polar surface area (TPSA) is 66.4 Å². The zero-order chi connectivity index (χ0) is 15.0. The van der Waals surface area contributed by atoms with Gasteiger partial charge in [-0.2, -0.15) is 0 Å². The van der Waals surface area contributed by atoms with Crippen molar-refractivity contribution in [3.05, 3.63) is 47.5 Å². The highest BCUT2D eigenvalue weighted by atomic mass is 35.5. The fourth-order valence-electron chi connectivity index (χ4n) is 1.76. The number of amides is 1. The lowest BCUT2D eigenvalue weighted by Crippen LogP contribution is -2.41. The van der Waals surface area contributed by atoms with Crippen LogP contribution in [0.2, 0.25) is 5.02 Å². The SMILES string of the molecule is C=CCCC(=O)N[C@@H](CCc1ccccc1Cl)C(=O)O. The molecule has 5 heteroatoms. The Hall–Kier alpha value is -1.81. The Morgan fingerprint density at radius 1 is 1.40 bits per heavy atom. The van der Waals surface area contributed by atoms with E-state index in [9.17, 15) is 9.59 Å². The molecule has 4 nitrogen and oxygen atoms in total. The van der Waals surface area contributed by atoms with Crippen LogP contribution in [-0.2, 0) is 16.0 Å². The second-order valence-corrected chi connectivity index (χ2v) is 4.82. The lowest BCUT2D eigenvalue weighted by molar-refractivity contribution is -0.142. The van der Waals surface area contributed by atoms with Gasteiger partial charge in [-0.3, -0.25) is 4.79 Å². The molecule has 0 spiro atoms. The van der Waals surface area contributed by atoms with Gasteiger partial charge in [0.05, 0.1) is 0 Å². The molecule has 0 bridgehead atoms. The van der Waals surface area contributed by atoms with Gasteiger partial charge in [0.1, 0.15) is 6.04 Å². The summed E-state index contributed by atoms with van der Waals surface area (Å²) in [7, 11) is 0. The van der Waals surface area contributed by atoms with Crippen LogP contribution in [-0.4, -0.2) is 23.0 Å². The van der Waals surface area contributed by atoms with Gasteiger partial charge in [-0.15, -0.1) is 6.58 Å². The third kappa shape index (κ3) is 5.45. The molecule has 2 N–H and O–H groups in total. The van der Waals surface area contributed by atoms with Crippen LogP contribution >= 0.6 is 11.6 Å². The monoisotopic (exact) mass is 295 g/mol. The Bertz CT molecular complexity index is 488. The van der Waals surface area contributed by atoms with E-state index in [1.54, 1.807) is 12.1 Å².